The van der Waals surface area contributed by atoms with Gasteiger partial charge < -0.3 is 15.5 Å². The summed E-state index contributed by atoms with van der Waals surface area (Å²) in [6.07, 6.45) is 3.58. The monoisotopic (exact) mass is 404 g/mol. The minimum Gasteiger partial charge on any atom is -0.496 e. The molecule has 0 radical (unpaired) electrons. The first kappa shape index (κ1) is 18.4. The molecular weight excluding hydrogens is 380 g/mol. The number of aromatic nitrogens is 1. The number of hydrogen-bond acceptors (Lipinski definition) is 4. The maximum Gasteiger partial charge on any atom is 0.266 e. The summed E-state index contributed by atoms with van der Waals surface area (Å²) < 4.78 is 6.54. The Morgan fingerprint density at radius 2 is 1.97 bits per heavy atom. The van der Waals surface area contributed by atoms with Crippen molar-refractivity contribution in [1.29, 1.82) is 0 Å². The highest BCUT2D eigenvalue weighted by Crippen LogP contribution is 2.45. The maximum absolute atomic E-state index is 12.5. The van der Waals surface area contributed by atoms with E-state index in [1.165, 1.54) is 23.3 Å². The zero-order chi connectivity index (χ0) is 20.2. The molecule has 29 heavy (non-hydrogen) atoms. The summed E-state index contributed by atoms with van der Waals surface area (Å²) in [7, 11) is 1.70. The number of nitrogens with one attached hydrogen (secondary N) is 1. The topological polar surface area (TPSA) is 68.1 Å². The number of benzene rings is 2. The molecule has 1 aliphatic rings. The van der Waals surface area contributed by atoms with Gasteiger partial charge >= 0.3 is 0 Å². The van der Waals surface area contributed by atoms with E-state index in [0.717, 1.165) is 56.3 Å². The molecule has 4 aromatic rings. The number of aromatic amines is 1. The van der Waals surface area contributed by atoms with E-state index in [1.54, 1.807) is 7.11 Å². The number of fused-ring (bicyclic) bond motifs is 3. The molecule has 0 bridgehead atoms. The van der Waals surface area contributed by atoms with Crippen LogP contribution < -0.4 is 16.0 Å². The largest absolute Gasteiger partial charge is 0.496 e. The molecule has 0 atom stereocenters. The molecule has 5 rings (SSSR count). The summed E-state index contributed by atoms with van der Waals surface area (Å²) in [6, 6.07) is 12.8. The normalized spacial score (nSPS) is 15.6. The Morgan fingerprint density at radius 1 is 1.21 bits per heavy atom. The molecule has 2 heterocycles. The second-order valence-corrected chi connectivity index (χ2v) is 8.97. The predicted molar refractivity (Wildman–Crippen MR) is 121 cm³/mol. The van der Waals surface area contributed by atoms with Crippen molar-refractivity contribution in [3.63, 3.8) is 0 Å². The second-order valence-electron chi connectivity index (χ2n) is 8.05. The van der Waals surface area contributed by atoms with Crippen LogP contribution in [0.5, 0.6) is 5.75 Å². The smallest absolute Gasteiger partial charge is 0.266 e. The SMILES string of the molecule is COc1cc(C)c2[nH]c(=O)c3sccc3c2c1-c1ccc(C2(CN)CCC2)cc1. The first-order chi connectivity index (χ1) is 14.1. The number of H-pyrrole nitrogens is 1. The maximum atomic E-state index is 12.5. The molecule has 4 nitrogen and oxygen atoms in total. The molecule has 1 aliphatic carbocycles. The Balaban J connectivity index is 1.79. The van der Waals surface area contributed by atoms with E-state index < -0.39 is 0 Å². The first-order valence-corrected chi connectivity index (χ1v) is 10.9. The molecule has 1 saturated carbocycles. The van der Waals surface area contributed by atoms with Gasteiger partial charge in [0, 0.05) is 28.3 Å². The van der Waals surface area contributed by atoms with Crippen LogP contribution in [0.15, 0.2) is 46.6 Å². The van der Waals surface area contributed by atoms with Crippen molar-refractivity contribution < 1.29 is 4.74 Å². The third-order valence-corrected chi connectivity index (χ3v) is 7.49. The average Bonchev–Trinajstić information content (AvgIpc) is 3.19. The molecular formula is C24H24N2O2S. The van der Waals surface area contributed by atoms with E-state index in [2.05, 4.69) is 29.2 Å². The lowest BCUT2D eigenvalue weighted by Gasteiger charge is -2.41. The second kappa shape index (κ2) is 6.71. The highest BCUT2D eigenvalue weighted by atomic mass is 32.1. The van der Waals surface area contributed by atoms with Crippen molar-refractivity contribution in [2.45, 2.75) is 31.6 Å². The van der Waals surface area contributed by atoms with Gasteiger partial charge in [0.25, 0.3) is 5.56 Å². The standard InChI is InChI=1S/C24H24N2O2S/c1-14-12-18(28-2)19(20-17-8-11-29-22(17)23(27)26-21(14)20)15-4-6-16(7-5-15)24(13-25)9-3-10-24/h4-8,11-12H,3,9-10,13,25H2,1-2H3,(H,26,27). The lowest BCUT2D eigenvalue weighted by atomic mass is 9.64. The Hall–Kier alpha value is -2.63. The number of aryl methyl sites for hydroxylation is 1. The van der Waals surface area contributed by atoms with Gasteiger partial charge in [-0.3, -0.25) is 4.79 Å². The van der Waals surface area contributed by atoms with Gasteiger partial charge in [0.05, 0.1) is 12.6 Å². The lowest BCUT2D eigenvalue weighted by molar-refractivity contribution is 0.253. The van der Waals surface area contributed by atoms with Gasteiger partial charge in [0.2, 0.25) is 0 Å². The van der Waals surface area contributed by atoms with Crippen LogP contribution >= 0.6 is 11.3 Å². The molecule has 0 aliphatic heterocycles. The van der Waals surface area contributed by atoms with E-state index in [9.17, 15) is 4.79 Å². The van der Waals surface area contributed by atoms with Crippen LogP contribution in [0.2, 0.25) is 0 Å². The molecule has 1 fully saturated rings. The van der Waals surface area contributed by atoms with E-state index >= 15 is 0 Å². The van der Waals surface area contributed by atoms with Crippen molar-refractivity contribution >= 4 is 32.3 Å². The first-order valence-electron chi connectivity index (χ1n) is 10.00. The zero-order valence-corrected chi connectivity index (χ0v) is 17.5. The average molecular weight is 405 g/mol. The fourth-order valence-corrected chi connectivity index (χ4v) is 5.52. The summed E-state index contributed by atoms with van der Waals surface area (Å²) in [4.78, 5) is 15.6. The molecule has 2 aromatic heterocycles. The number of pyridine rings is 1. The Morgan fingerprint density at radius 3 is 2.59 bits per heavy atom. The number of nitrogens with two attached hydrogens (primary N) is 1. The number of rotatable bonds is 4. The van der Waals surface area contributed by atoms with Crippen molar-refractivity contribution in [3.05, 3.63) is 63.3 Å². The summed E-state index contributed by atoms with van der Waals surface area (Å²) in [5.74, 6) is 0.819. The zero-order valence-electron chi connectivity index (χ0n) is 16.7. The molecule has 2 aromatic carbocycles. The number of methoxy groups -OCH3 is 1. The molecule has 0 spiro atoms. The molecule has 3 N–H and O–H groups in total. The van der Waals surface area contributed by atoms with Gasteiger partial charge in [-0.15, -0.1) is 11.3 Å². The Labute approximate surface area is 173 Å². The molecule has 0 unspecified atom stereocenters. The fourth-order valence-electron chi connectivity index (χ4n) is 4.72. The minimum atomic E-state index is -0.0352. The number of hydrogen-bond donors (Lipinski definition) is 2. The minimum absolute atomic E-state index is 0.0352. The van der Waals surface area contributed by atoms with Gasteiger partial charge in [-0.1, -0.05) is 30.7 Å². The fraction of sp³-hybridized carbons (Fsp3) is 0.292. The summed E-state index contributed by atoms with van der Waals surface area (Å²) in [5, 5.41) is 4.00. The van der Waals surface area contributed by atoms with Crippen molar-refractivity contribution in [3.8, 4) is 16.9 Å². The molecule has 0 amide bonds. The highest BCUT2D eigenvalue weighted by Gasteiger charge is 2.37. The quantitative estimate of drug-likeness (QED) is 0.497. The number of thiophene rings is 1. The lowest BCUT2D eigenvalue weighted by Crippen LogP contribution is -2.41. The van der Waals surface area contributed by atoms with Gasteiger partial charge in [0.1, 0.15) is 10.4 Å². The molecule has 148 valence electrons. The van der Waals surface area contributed by atoms with Crippen LogP contribution in [0.1, 0.15) is 30.4 Å². The van der Waals surface area contributed by atoms with Crippen molar-refractivity contribution in [1.82, 2.24) is 4.98 Å². The Kier molecular flexibility index (Phi) is 4.26. The van der Waals surface area contributed by atoms with Gasteiger partial charge in [-0.05, 0) is 54.0 Å². The van der Waals surface area contributed by atoms with Crippen molar-refractivity contribution in [2.75, 3.05) is 13.7 Å². The van der Waals surface area contributed by atoms with Crippen molar-refractivity contribution in [2.24, 2.45) is 5.73 Å². The van der Waals surface area contributed by atoms with Gasteiger partial charge in [0.15, 0.2) is 0 Å². The number of ether oxygens (including phenoxy) is 1. The van der Waals surface area contributed by atoms with E-state index in [0.29, 0.717) is 6.54 Å². The Bertz CT molecular complexity index is 1270. The van der Waals surface area contributed by atoms with E-state index in [-0.39, 0.29) is 11.0 Å². The van der Waals surface area contributed by atoms with Gasteiger partial charge in [-0.2, -0.15) is 0 Å². The van der Waals surface area contributed by atoms with Crippen LogP contribution in [0.4, 0.5) is 0 Å². The third kappa shape index (κ3) is 2.65. The summed E-state index contributed by atoms with van der Waals surface area (Å²) >= 11 is 1.47. The van der Waals surface area contributed by atoms with Crippen LogP contribution in [-0.4, -0.2) is 18.6 Å². The third-order valence-electron chi connectivity index (χ3n) is 6.57. The molecule has 0 saturated heterocycles. The van der Waals surface area contributed by atoms with Crippen LogP contribution in [0.3, 0.4) is 0 Å². The predicted octanol–water partition coefficient (Wildman–Crippen LogP) is 5.11. The molecule has 5 heteroatoms. The van der Waals surface area contributed by atoms with Crippen LogP contribution in [0, 0.1) is 6.92 Å². The summed E-state index contributed by atoms with van der Waals surface area (Å²) in [5.41, 5.74) is 11.5. The summed E-state index contributed by atoms with van der Waals surface area (Å²) in [6.45, 7) is 2.70. The van der Waals surface area contributed by atoms with Crippen LogP contribution in [0.25, 0.3) is 32.1 Å². The van der Waals surface area contributed by atoms with E-state index in [4.69, 9.17) is 10.5 Å². The van der Waals surface area contributed by atoms with E-state index in [1.807, 2.05) is 24.4 Å². The van der Waals surface area contributed by atoms with Crippen LogP contribution in [-0.2, 0) is 5.41 Å². The highest BCUT2D eigenvalue weighted by molar-refractivity contribution is 7.17. The van der Waals surface area contributed by atoms with Gasteiger partial charge in [-0.25, -0.2) is 0 Å².